The first kappa shape index (κ1) is 25.4. The van der Waals surface area contributed by atoms with Crippen LogP contribution in [0.25, 0.3) is 0 Å². The average molecular weight is 479 g/mol. The van der Waals surface area contributed by atoms with Gasteiger partial charge < -0.3 is 14.6 Å². The van der Waals surface area contributed by atoms with E-state index >= 15 is 0 Å². The molecule has 0 saturated heterocycles. The highest BCUT2D eigenvalue weighted by molar-refractivity contribution is 6.17. The number of nitrogens with zero attached hydrogens (tertiary/aromatic N) is 3. The van der Waals surface area contributed by atoms with E-state index in [1.54, 1.807) is 20.8 Å². The Bertz CT molecular complexity index is 1080. The number of Topliss-reactive ketones (excluding diaryl/α,β-unsaturated/α-hetero) is 1. The van der Waals surface area contributed by atoms with E-state index in [2.05, 4.69) is 10.1 Å². The predicted octanol–water partition coefficient (Wildman–Crippen LogP) is 2.31. The molecule has 9 nitrogen and oxygen atoms in total. The Morgan fingerprint density at radius 1 is 1.21 bits per heavy atom. The number of esters is 2. The molecule has 0 amide bonds. The van der Waals surface area contributed by atoms with Crippen molar-refractivity contribution >= 4 is 17.7 Å². The zero-order chi connectivity index (χ0) is 25.3. The molecule has 11 heteroatoms. The number of carbonyl (C=O) groups excluding carboxylic acids is 3. The molecule has 0 radical (unpaired) electrons. The summed E-state index contributed by atoms with van der Waals surface area (Å²) in [6.45, 7) is 5.67. The Morgan fingerprint density at radius 3 is 2.38 bits per heavy atom. The van der Waals surface area contributed by atoms with E-state index in [-0.39, 0.29) is 25.0 Å². The Hall–Kier alpha value is -3.21. The Morgan fingerprint density at radius 2 is 1.88 bits per heavy atom. The first-order valence-corrected chi connectivity index (χ1v) is 10.8. The lowest BCUT2D eigenvalue weighted by molar-refractivity contribution is -0.174. The van der Waals surface area contributed by atoms with Crippen molar-refractivity contribution in [3.63, 3.8) is 0 Å². The maximum absolute atomic E-state index is 14.9. The fourth-order valence-corrected chi connectivity index (χ4v) is 4.03. The maximum atomic E-state index is 14.9. The van der Waals surface area contributed by atoms with Gasteiger partial charge in [-0.15, -0.1) is 0 Å². The molecule has 1 aliphatic rings. The number of halogens is 2. The van der Waals surface area contributed by atoms with Crippen molar-refractivity contribution in [2.24, 2.45) is 11.3 Å². The third-order valence-electron chi connectivity index (χ3n) is 5.67. The first-order chi connectivity index (χ1) is 15.8. The largest absolute Gasteiger partial charge is 0.465 e. The SMILES string of the molecule is CCOC(=O)C(C(=O)OC(C)(C)C)C(=O)C1(C(O)(Cn2cncn2)c2ccc(F)cc2F)CC1. The Balaban J connectivity index is 2.11. The average Bonchev–Trinajstić information content (AvgIpc) is 3.39. The summed E-state index contributed by atoms with van der Waals surface area (Å²) in [5.74, 6) is -7.19. The second kappa shape index (κ2) is 9.21. The van der Waals surface area contributed by atoms with Crippen LogP contribution in [0.15, 0.2) is 30.9 Å². The molecule has 1 heterocycles. The Labute approximate surface area is 195 Å². The van der Waals surface area contributed by atoms with Crippen molar-refractivity contribution < 1.29 is 37.7 Å². The lowest BCUT2D eigenvalue weighted by atomic mass is 9.72. The number of carbonyl (C=O) groups is 3. The first-order valence-electron chi connectivity index (χ1n) is 10.8. The second-order valence-electron chi connectivity index (χ2n) is 9.24. The number of aliphatic hydroxyl groups is 1. The van der Waals surface area contributed by atoms with Gasteiger partial charge in [-0.1, -0.05) is 6.07 Å². The molecule has 34 heavy (non-hydrogen) atoms. The van der Waals surface area contributed by atoms with Crippen LogP contribution in [0.3, 0.4) is 0 Å². The van der Waals surface area contributed by atoms with E-state index in [4.69, 9.17) is 9.47 Å². The number of ether oxygens (including phenoxy) is 2. The summed E-state index contributed by atoms with van der Waals surface area (Å²) >= 11 is 0. The minimum absolute atomic E-state index is 0.0343. The van der Waals surface area contributed by atoms with Crippen LogP contribution in [0.4, 0.5) is 8.78 Å². The molecule has 1 fully saturated rings. The van der Waals surface area contributed by atoms with Gasteiger partial charge in [-0.3, -0.25) is 14.4 Å². The van der Waals surface area contributed by atoms with E-state index < -0.39 is 58.4 Å². The lowest BCUT2D eigenvalue weighted by Crippen LogP contribution is -2.51. The molecular formula is C23H27F2N3O6. The van der Waals surface area contributed by atoms with Crippen LogP contribution in [0.5, 0.6) is 0 Å². The molecular weight excluding hydrogens is 452 g/mol. The minimum atomic E-state index is -2.29. The maximum Gasteiger partial charge on any atom is 0.328 e. The van der Waals surface area contributed by atoms with E-state index in [0.717, 1.165) is 12.1 Å². The van der Waals surface area contributed by atoms with Gasteiger partial charge in [-0.25, -0.2) is 18.4 Å². The third kappa shape index (κ3) is 4.84. The molecule has 0 aliphatic heterocycles. The molecule has 2 atom stereocenters. The number of aromatic nitrogens is 3. The molecule has 2 unspecified atom stereocenters. The van der Waals surface area contributed by atoms with Crippen LogP contribution >= 0.6 is 0 Å². The lowest BCUT2D eigenvalue weighted by Gasteiger charge is -2.37. The van der Waals surface area contributed by atoms with Gasteiger partial charge in [0.2, 0.25) is 5.92 Å². The molecule has 3 rings (SSSR count). The number of hydrogen-bond donors (Lipinski definition) is 1. The van der Waals surface area contributed by atoms with Gasteiger partial charge >= 0.3 is 11.9 Å². The van der Waals surface area contributed by atoms with Gasteiger partial charge in [-0.2, -0.15) is 5.10 Å². The highest BCUT2D eigenvalue weighted by atomic mass is 19.1. The highest BCUT2D eigenvalue weighted by Gasteiger charge is 2.68. The molecule has 1 aliphatic carbocycles. The normalized spacial score (nSPS) is 17.4. The summed E-state index contributed by atoms with van der Waals surface area (Å²) in [7, 11) is 0. The topological polar surface area (TPSA) is 121 Å². The van der Waals surface area contributed by atoms with Gasteiger partial charge in [0.1, 0.15) is 35.5 Å². The fourth-order valence-electron chi connectivity index (χ4n) is 4.03. The van der Waals surface area contributed by atoms with E-state index in [1.807, 2.05) is 0 Å². The van der Waals surface area contributed by atoms with Crippen molar-refractivity contribution in [2.75, 3.05) is 6.61 Å². The summed E-state index contributed by atoms with van der Waals surface area (Å²) in [5.41, 5.74) is -5.44. The third-order valence-corrected chi connectivity index (χ3v) is 5.67. The summed E-state index contributed by atoms with van der Waals surface area (Å²) in [6, 6.07) is 2.56. The molecule has 1 aromatic carbocycles. The van der Waals surface area contributed by atoms with Gasteiger partial charge in [0.05, 0.1) is 18.6 Å². The fraction of sp³-hybridized carbons (Fsp3) is 0.522. The second-order valence-corrected chi connectivity index (χ2v) is 9.24. The standard InChI is InChI=1S/C23H27F2N3O6/c1-5-33-19(30)17(20(31)34-21(2,3)4)18(29)22(8-9-22)23(32,11-28-13-26-12-27-28)15-7-6-14(24)10-16(15)25/h6-7,10,12-13,17,32H,5,8-9,11H2,1-4H3. The van der Waals surface area contributed by atoms with E-state index in [0.29, 0.717) is 6.07 Å². The molecule has 0 spiro atoms. The zero-order valence-electron chi connectivity index (χ0n) is 19.4. The Kier molecular flexibility index (Phi) is 6.88. The molecule has 1 aromatic heterocycles. The quantitative estimate of drug-likeness (QED) is 0.430. The molecule has 1 N–H and O–H groups in total. The van der Waals surface area contributed by atoms with Crippen LogP contribution in [0, 0.1) is 23.0 Å². The number of ketones is 1. The summed E-state index contributed by atoms with van der Waals surface area (Å²) in [5, 5.41) is 15.8. The van der Waals surface area contributed by atoms with Crippen LogP contribution in [0.2, 0.25) is 0 Å². The smallest absolute Gasteiger partial charge is 0.328 e. The van der Waals surface area contributed by atoms with Gasteiger partial charge in [0, 0.05) is 11.6 Å². The van der Waals surface area contributed by atoms with Gasteiger partial charge in [0.15, 0.2) is 5.78 Å². The summed E-state index contributed by atoms with van der Waals surface area (Å²) < 4.78 is 40.0. The van der Waals surface area contributed by atoms with Crippen molar-refractivity contribution in [1.29, 1.82) is 0 Å². The number of rotatable bonds is 9. The van der Waals surface area contributed by atoms with Crippen LogP contribution in [0.1, 0.15) is 46.1 Å². The monoisotopic (exact) mass is 479 g/mol. The van der Waals surface area contributed by atoms with Gasteiger partial charge in [-0.05, 0) is 46.6 Å². The summed E-state index contributed by atoms with van der Waals surface area (Å²) in [4.78, 5) is 43.2. The van der Waals surface area contributed by atoms with E-state index in [9.17, 15) is 28.3 Å². The molecule has 0 bridgehead atoms. The van der Waals surface area contributed by atoms with Crippen LogP contribution < -0.4 is 0 Å². The molecule has 184 valence electrons. The summed E-state index contributed by atoms with van der Waals surface area (Å²) in [6.07, 6.45) is 2.51. The van der Waals surface area contributed by atoms with Crippen molar-refractivity contribution in [3.05, 3.63) is 48.1 Å². The minimum Gasteiger partial charge on any atom is -0.465 e. The zero-order valence-corrected chi connectivity index (χ0v) is 19.4. The van der Waals surface area contributed by atoms with Gasteiger partial charge in [0.25, 0.3) is 0 Å². The van der Waals surface area contributed by atoms with Crippen LogP contribution in [-0.2, 0) is 36.0 Å². The number of hydrogen-bond acceptors (Lipinski definition) is 8. The molecule has 2 aromatic rings. The van der Waals surface area contributed by atoms with E-state index in [1.165, 1.54) is 24.3 Å². The van der Waals surface area contributed by atoms with Crippen LogP contribution in [-0.4, -0.2) is 49.8 Å². The predicted molar refractivity (Wildman–Crippen MR) is 113 cm³/mol. The number of benzene rings is 1. The highest BCUT2D eigenvalue weighted by Crippen LogP contribution is 2.61. The molecule has 1 saturated carbocycles. The van der Waals surface area contributed by atoms with Crippen molar-refractivity contribution in [3.8, 4) is 0 Å². The van der Waals surface area contributed by atoms with Crippen molar-refractivity contribution in [2.45, 2.75) is 58.3 Å². The van der Waals surface area contributed by atoms with Crippen molar-refractivity contribution in [1.82, 2.24) is 14.8 Å².